The van der Waals surface area contributed by atoms with Gasteiger partial charge in [-0.2, -0.15) is 0 Å². The van der Waals surface area contributed by atoms with Crippen molar-refractivity contribution in [2.75, 3.05) is 0 Å². The highest BCUT2D eigenvalue weighted by Gasteiger charge is 2.05. The Bertz CT molecular complexity index is 561. The monoisotopic (exact) mass is 236 g/mol. The van der Waals surface area contributed by atoms with Gasteiger partial charge in [0.05, 0.1) is 0 Å². The van der Waals surface area contributed by atoms with Crippen molar-refractivity contribution < 1.29 is 0 Å². The number of aromatic nitrogens is 2. The summed E-state index contributed by atoms with van der Waals surface area (Å²) in [7, 11) is 0. The fourth-order valence-electron chi connectivity index (χ4n) is 1.53. The third-order valence-electron chi connectivity index (χ3n) is 2.44. The van der Waals surface area contributed by atoms with Gasteiger partial charge in [-0.05, 0) is 32.3 Å². The Labute approximate surface area is 98.1 Å². The first kappa shape index (κ1) is 13.0. The number of rotatable bonds is 4. The number of aromatic amines is 2. The maximum Gasteiger partial charge on any atom is 0.310 e. The molecule has 0 atom stereocenters. The van der Waals surface area contributed by atoms with E-state index in [0.29, 0.717) is 29.9 Å². The number of nitrogens with two attached hydrogens (primary N) is 1. The summed E-state index contributed by atoms with van der Waals surface area (Å²) >= 11 is 0. The van der Waals surface area contributed by atoms with Crippen LogP contribution >= 0.6 is 0 Å². The number of H-pyrrole nitrogens is 2. The smallest absolute Gasteiger partial charge is 0.310 e. The summed E-state index contributed by atoms with van der Waals surface area (Å²) in [4.78, 5) is 22.0. The molecule has 1 aromatic heterocycles. The van der Waals surface area contributed by atoms with Crippen molar-refractivity contribution in [3.8, 4) is 0 Å². The van der Waals surface area contributed by atoms with Gasteiger partial charge in [0.25, 0.3) is 0 Å². The molecule has 0 unspecified atom stereocenters. The van der Waals surface area contributed by atoms with Crippen LogP contribution in [0, 0.1) is 5.41 Å². The summed E-state index contributed by atoms with van der Waals surface area (Å²) in [5.74, 6) is 0. The SMILES string of the molecule is CC(=N)/C(CCc1cc(=O)c(=O)[nH][nH]1)=C(/C)N. The molecule has 17 heavy (non-hydrogen) atoms. The molecule has 0 aliphatic rings. The van der Waals surface area contributed by atoms with Crippen LogP contribution in [0.5, 0.6) is 0 Å². The molecule has 92 valence electrons. The molecule has 1 rings (SSSR count). The van der Waals surface area contributed by atoms with Crippen LogP contribution in [0.4, 0.5) is 0 Å². The Morgan fingerprint density at radius 3 is 2.47 bits per heavy atom. The molecule has 0 spiro atoms. The largest absolute Gasteiger partial charge is 0.402 e. The fraction of sp³-hybridized carbons (Fsp3) is 0.364. The van der Waals surface area contributed by atoms with Crippen LogP contribution in [0.1, 0.15) is 26.0 Å². The predicted octanol–water partition coefficient (Wildman–Crippen LogP) is 0.268. The van der Waals surface area contributed by atoms with Crippen molar-refractivity contribution in [1.29, 1.82) is 5.41 Å². The molecule has 6 nitrogen and oxygen atoms in total. The van der Waals surface area contributed by atoms with Crippen molar-refractivity contribution in [1.82, 2.24) is 10.2 Å². The van der Waals surface area contributed by atoms with E-state index >= 15 is 0 Å². The van der Waals surface area contributed by atoms with E-state index in [0.717, 1.165) is 5.57 Å². The number of aryl methyl sites for hydroxylation is 1. The third-order valence-corrected chi connectivity index (χ3v) is 2.44. The van der Waals surface area contributed by atoms with Crippen LogP contribution < -0.4 is 16.7 Å². The highest BCUT2D eigenvalue weighted by Crippen LogP contribution is 2.09. The quantitative estimate of drug-likeness (QED) is 0.444. The molecule has 1 aromatic rings. The van der Waals surface area contributed by atoms with E-state index in [4.69, 9.17) is 11.1 Å². The second-order valence-electron chi connectivity index (χ2n) is 3.90. The zero-order valence-electron chi connectivity index (χ0n) is 9.89. The normalized spacial score (nSPS) is 12.1. The first-order valence-electron chi connectivity index (χ1n) is 5.23. The minimum atomic E-state index is -0.664. The lowest BCUT2D eigenvalue weighted by Gasteiger charge is -2.07. The van der Waals surface area contributed by atoms with Crippen molar-refractivity contribution in [2.45, 2.75) is 26.7 Å². The van der Waals surface area contributed by atoms with E-state index in [2.05, 4.69) is 10.2 Å². The molecular formula is C11H16N4O2. The van der Waals surface area contributed by atoms with Gasteiger partial charge in [-0.3, -0.25) is 14.7 Å². The Hall–Kier alpha value is -2.11. The number of hydrogen-bond acceptors (Lipinski definition) is 4. The first-order chi connectivity index (χ1) is 7.91. The Morgan fingerprint density at radius 1 is 1.35 bits per heavy atom. The zero-order valence-corrected chi connectivity index (χ0v) is 9.89. The van der Waals surface area contributed by atoms with Gasteiger partial charge in [-0.25, -0.2) is 0 Å². The topological polar surface area (TPSA) is 116 Å². The molecule has 0 bridgehead atoms. The van der Waals surface area contributed by atoms with Gasteiger partial charge in [0.1, 0.15) is 0 Å². The second kappa shape index (κ2) is 5.29. The summed E-state index contributed by atoms with van der Waals surface area (Å²) in [5, 5.41) is 12.5. The lowest BCUT2D eigenvalue weighted by Crippen LogP contribution is -2.27. The van der Waals surface area contributed by atoms with E-state index in [-0.39, 0.29) is 0 Å². The molecule has 0 radical (unpaired) electrons. The van der Waals surface area contributed by atoms with Gasteiger partial charge in [0.2, 0.25) is 5.43 Å². The molecule has 0 fully saturated rings. The summed E-state index contributed by atoms with van der Waals surface area (Å²) in [5.41, 5.74) is 6.83. The molecule has 0 saturated heterocycles. The van der Waals surface area contributed by atoms with Gasteiger partial charge in [0.15, 0.2) is 0 Å². The Morgan fingerprint density at radius 2 is 2.00 bits per heavy atom. The van der Waals surface area contributed by atoms with Gasteiger partial charge in [-0.15, -0.1) is 0 Å². The van der Waals surface area contributed by atoms with Gasteiger partial charge >= 0.3 is 5.56 Å². The molecule has 0 amide bonds. The second-order valence-corrected chi connectivity index (χ2v) is 3.90. The van der Waals surface area contributed by atoms with Crippen LogP contribution in [-0.2, 0) is 6.42 Å². The minimum absolute atomic E-state index is 0.414. The third kappa shape index (κ3) is 3.44. The molecule has 0 aliphatic carbocycles. The van der Waals surface area contributed by atoms with Crippen LogP contribution in [0.15, 0.2) is 26.9 Å². The Kier molecular flexibility index (Phi) is 4.03. The molecule has 0 aromatic carbocycles. The Balaban J connectivity index is 2.84. The lowest BCUT2D eigenvalue weighted by atomic mass is 10.0. The summed E-state index contributed by atoms with van der Waals surface area (Å²) in [6.45, 7) is 3.41. The van der Waals surface area contributed by atoms with Gasteiger partial charge in [-0.1, -0.05) is 0 Å². The predicted molar refractivity (Wildman–Crippen MR) is 66.3 cm³/mol. The zero-order chi connectivity index (χ0) is 13.0. The van der Waals surface area contributed by atoms with Crippen LogP contribution in [-0.4, -0.2) is 15.9 Å². The van der Waals surface area contributed by atoms with Crippen LogP contribution in [0.2, 0.25) is 0 Å². The summed E-state index contributed by atoms with van der Waals surface area (Å²) in [6, 6.07) is 1.27. The molecule has 6 heteroatoms. The molecule has 0 saturated carbocycles. The highest BCUT2D eigenvalue weighted by atomic mass is 16.2. The number of hydrogen-bond donors (Lipinski definition) is 4. The maximum absolute atomic E-state index is 11.1. The average molecular weight is 236 g/mol. The van der Waals surface area contributed by atoms with Crippen molar-refractivity contribution in [2.24, 2.45) is 5.73 Å². The summed E-state index contributed by atoms with van der Waals surface area (Å²) in [6.07, 6.45) is 1.08. The van der Waals surface area contributed by atoms with E-state index in [9.17, 15) is 9.59 Å². The first-order valence-corrected chi connectivity index (χ1v) is 5.23. The molecule has 1 heterocycles. The standard InChI is InChI=1S/C11H16N4O2/c1-6(12)9(7(2)13)4-3-8-5-10(16)11(17)15-14-8/h5,12H,3-4,13H2,1-2H3,(H,14,16)(H,15,17)/b9-7-,12-6?. The molecule has 5 N–H and O–H groups in total. The van der Waals surface area contributed by atoms with E-state index < -0.39 is 11.0 Å². The lowest BCUT2D eigenvalue weighted by molar-refractivity contribution is 0.837. The summed E-state index contributed by atoms with van der Waals surface area (Å²) < 4.78 is 0. The minimum Gasteiger partial charge on any atom is -0.402 e. The maximum atomic E-state index is 11.1. The van der Waals surface area contributed by atoms with Crippen molar-refractivity contribution in [3.05, 3.63) is 43.6 Å². The number of nitrogens with one attached hydrogen (secondary N) is 3. The highest BCUT2D eigenvalue weighted by molar-refractivity contribution is 5.96. The van der Waals surface area contributed by atoms with Crippen LogP contribution in [0.25, 0.3) is 0 Å². The fourth-order valence-corrected chi connectivity index (χ4v) is 1.53. The van der Waals surface area contributed by atoms with E-state index in [1.165, 1.54) is 6.07 Å². The van der Waals surface area contributed by atoms with Gasteiger partial charge in [0, 0.05) is 23.2 Å². The van der Waals surface area contributed by atoms with E-state index in [1.807, 2.05) is 0 Å². The van der Waals surface area contributed by atoms with Crippen molar-refractivity contribution in [3.63, 3.8) is 0 Å². The van der Waals surface area contributed by atoms with E-state index in [1.54, 1.807) is 13.8 Å². The number of allylic oxidation sites excluding steroid dienone is 2. The average Bonchev–Trinajstić information content (AvgIpc) is 2.22. The molecular weight excluding hydrogens is 220 g/mol. The van der Waals surface area contributed by atoms with Gasteiger partial charge < -0.3 is 16.2 Å². The van der Waals surface area contributed by atoms with Crippen molar-refractivity contribution >= 4 is 5.71 Å². The van der Waals surface area contributed by atoms with Crippen LogP contribution in [0.3, 0.4) is 0 Å². The molecule has 0 aliphatic heterocycles.